The van der Waals surface area contributed by atoms with Crippen LogP contribution in [-0.4, -0.2) is 13.2 Å². The molecule has 4 heteroatoms. The molecule has 1 aromatic carbocycles. The molecule has 0 saturated heterocycles. The molecule has 1 aliphatic rings. The molecule has 0 bridgehead atoms. The van der Waals surface area contributed by atoms with Gasteiger partial charge >= 0.3 is 0 Å². The minimum Gasteiger partial charge on any atom is -0.486 e. The molecule has 0 radical (unpaired) electrons. The average Bonchev–Trinajstić information content (AvgIpc) is 2.23. The van der Waals surface area contributed by atoms with Crippen molar-refractivity contribution in [2.75, 3.05) is 13.2 Å². The Morgan fingerprint density at radius 3 is 2.53 bits per heavy atom. The van der Waals surface area contributed by atoms with E-state index in [1.807, 2.05) is 19.9 Å². The largest absolute Gasteiger partial charge is 0.486 e. The fraction of sp³-hybridized carbons (Fsp3) is 0.455. The first-order valence-corrected chi connectivity index (χ1v) is 5.74. The van der Waals surface area contributed by atoms with Gasteiger partial charge in [0.15, 0.2) is 11.5 Å². The molecule has 1 heterocycles. The van der Waals surface area contributed by atoms with Crippen LogP contribution in [0.15, 0.2) is 10.5 Å². The first kappa shape index (κ1) is 10.8. The van der Waals surface area contributed by atoms with E-state index in [1.165, 1.54) is 0 Å². The van der Waals surface area contributed by atoms with Crippen LogP contribution in [0.4, 0.5) is 0 Å². The summed E-state index contributed by atoms with van der Waals surface area (Å²) in [4.78, 5) is 0. The molecule has 1 unspecified atom stereocenters. The summed E-state index contributed by atoms with van der Waals surface area (Å²) in [7, 11) is 0. The second-order valence-electron chi connectivity index (χ2n) is 3.72. The van der Waals surface area contributed by atoms with E-state index < -0.39 is 0 Å². The Morgan fingerprint density at radius 2 is 1.93 bits per heavy atom. The maximum atomic E-state index is 5.90. The van der Waals surface area contributed by atoms with Gasteiger partial charge in [0.05, 0.1) is 4.47 Å². The summed E-state index contributed by atoms with van der Waals surface area (Å²) in [5, 5.41) is 0. The summed E-state index contributed by atoms with van der Waals surface area (Å²) in [6, 6.07) is 2.00. The van der Waals surface area contributed by atoms with Gasteiger partial charge in [0.25, 0.3) is 0 Å². The van der Waals surface area contributed by atoms with Crippen LogP contribution in [-0.2, 0) is 0 Å². The molecule has 2 N–H and O–H groups in total. The molecule has 0 spiro atoms. The van der Waals surface area contributed by atoms with Crippen LogP contribution >= 0.6 is 15.9 Å². The maximum Gasteiger partial charge on any atom is 0.175 e. The van der Waals surface area contributed by atoms with Crippen LogP contribution in [0, 0.1) is 6.92 Å². The number of rotatable bonds is 1. The van der Waals surface area contributed by atoms with E-state index >= 15 is 0 Å². The predicted molar refractivity (Wildman–Crippen MR) is 62.5 cm³/mol. The first-order valence-electron chi connectivity index (χ1n) is 4.95. The van der Waals surface area contributed by atoms with Crippen LogP contribution in [0.1, 0.15) is 24.1 Å². The van der Waals surface area contributed by atoms with E-state index in [-0.39, 0.29) is 6.04 Å². The molecule has 0 saturated carbocycles. The lowest BCUT2D eigenvalue weighted by atomic mass is 10.0. The lowest BCUT2D eigenvalue weighted by molar-refractivity contribution is 0.169. The molecule has 1 atom stereocenters. The molecule has 0 amide bonds. The van der Waals surface area contributed by atoms with E-state index in [0.29, 0.717) is 13.2 Å². The second kappa shape index (κ2) is 4.02. The van der Waals surface area contributed by atoms with Crippen molar-refractivity contribution >= 4 is 15.9 Å². The summed E-state index contributed by atoms with van der Waals surface area (Å²) in [6.07, 6.45) is 0. The maximum absolute atomic E-state index is 5.90. The number of nitrogens with two attached hydrogens (primary N) is 1. The Kier molecular flexibility index (Phi) is 2.89. The predicted octanol–water partition coefficient (Wildman–Crippen LogP) is 2.55. The molecule has 0 aromatic heterocycles. The summed E-state index contributed by atoms with van der Waals surface area (Å²) >= 11 is 3.47. The van der Waals surface area contributed by atoms with Crippen LogP contribution in [0.5, 0.6) is 11.5 Å². The SMILES string of the molecule is Cc1c(C(C)N)cc(Br)c2c1OCCO2. The summed E-state index contributed by atoms with van der Waals surface area (Å²) in [5.74, 6) is 1.62. The van der Waals surface area contributed by atoms with Gasteiger partial charge in [-0.15, -0.1) is 0 Å². The van der Waals surface area contributed by atoms with Crippen molar-refractivity contribution in [3.63, 3.8) is 0 Å². The third kappa shape index (κ3) is 1.84. The molecule has 1 aromatic rings. The van der Waals surface area contributed by atoms with Gasteiger partial charge in [-0.3, -0.25) is 0 Å². The third-order valence-electron chi connectivity index (χ3n) is 2.55. The van der Waals surface area contributed by atoms with Crippen LogP contribution in [0.3, 0.4) is 0 Å². The van der Waals surface area contributed by atoms with Gasteiger partial charge in [0.2, 0.25) is 0 Å². The molecule has 82 valence electrons. The van der Waals surface area contributed by atoms with Gasteiger partial charge < -0.3 is 15.2 Å². The summed E-state index contributed by atoms with van der Waals surface area (Å²) in [6.45, 7) is 5.18. The fourth-order valence-corrected chi connectivity index (χ4v) is 2.33. The van der Waals surface area contributed by atoms with Crippen molar-refractivity contribution < 1.29 is 9.47 Å². The number of hydrogen-bond donors (Lipinski definition) is 1. The zero-order chi connectivity index (χ0) is 11.0. The zero-order valence-corrected chi connectivity index (χ0v) is 10.4. The Balaban J connectivity index is 2.59. The van der Waals surface area contributed by atoms with Gasteiger partial charge in [-0.1, -0.05) is 0 Å². The van der Waals surface area contributed by atoms with Crippen LogP contribution in [0.25, 0.3) is 0 Å². The standard InChI is InChI=1S/C11H14BrNO2/c1-6-8(7(2)13)5-9(12)11-10(6)14-3-4-15-11/h5,7H,3-4,13H2,1-2H3. The molecule has 15 heavy (non-hydrogen) atoms. The van der Waals surface area contributed by atoms with E-state index in [1.54, 1.807) is 0 Å². The number of hydrogen-bond acceptors (Lipinski definition) is 3. The van der Waals surface area contributed by atoms with E-state index in [4.69, 9.17) is 15.2 Å². The number of benzene rings is 1. The zero-order valence-electron chi connectivity index (χ0n) is 8.84. The average molecular weight is 272 g/mol. The number of fused-ring (bicyclic) bond motifs is 1. The summed E-state index contributed by atoms with van der Waals surface area (Å²) in [5.41, 5.74) is 8.06. The highest BCUT2D eigenvalue weighted by Crippen LogP contribution is 2.42. The van der Waals surface area contributed by atoms with Crippen molar-refractivity contribution in [1.29, 1.82) is 0 Å². The van der Waals surface area contributed by atoms with Crippen molar-refractivity contribution in [2.24, 2.45) is 5.73 Å². The number of ether oxygens (including phenoxy) is 2. The molecule has 1 aliphatic heterocycles. The molecular weight excluding hydrogens is 258 g/mol. The second-order valence-corrected chi connectivity index (χ2v) is 4.57. The lowest BCUT2D eigenvalue weighted by Crippen LogP contribution is -2.18. The highest BCUT2D eigenvalue weighted by Gasteiger charge is 2.21. The highest BCUT2D eigenvalue weighted by atomic mass is 79.9. The van der Waals surface area contributed by atoms with Gasteiger partial charge in [0.1, 0.15) is 13.2 Å². The van der Waals surface area contributed by atoms with Crippen molar-refractivity contribution in [3.8, 4) is 11.5 Å². The topological polar surface area (TPSA) is 44.5 Å². The van der Waals surface area contributed by atoms with E-state index in [0.717, 1.165) is 27.1 Å². The monoisotopic (exact) mass is 271 g/mol. The molecule has 2 rings (SSSR count). The Bertz CT molecular complexity index is 391. The van der Waals surface area contributed by atoms with Gasteiger partial charge in [-0.25, -0.2) is 0 Å². The minimum absolute atomic E-state index is 0.00266. The minimum atomic E-state index is -0.00266. The molecular formula is C11H14BrNO2. The Labute approximate surface area is 97.7 Å². The summed E-state index contributed by atoms with van der Waals surface area (Å²) < 4.78 is 12.1. The van der Waals surface area contributed by atoms with E-state index in [9.17, 15) is 0 Å². The van der Waals surface area contributed by atoms with Crippen LogP contribution in [0.2, 0.25) is 0 Å². The van der Waals surface area contributed by atoms with E-state index in [2.05, 4.69) is 15.9 Å². The van der Waals surface area contributed by atoms with Crippen molar-refractivity contribution in [3.05, 3.63) is 21.7 Å². The number of halogens is 1. The van der Waals surface area contributed by atoms with Crippen molar-refractivity contribution in [2.45, 2.75) is 19.9 Å². The van der Waals surface area contributed by atoms with Gasteiger partial charge in [0, 0.05) is 6.04 Å². The molecule has 0 fully saturated rings. The molecule has 3 nitrogen and oxygen atoms in total. The smallest absolute Gasteiger partial charge is 0.175 e. The Hall–Kier alpha value is -0.740. The first-order chi connectivity index (χ1) is 7.11. The van der Waals surface area contributed by atoms with Gasteiger partial charge in [-0.2, -0.15) is 0 Å². The Morgan fingerprint density at radius 1 is 1.33 bits per heavy atom. The molecule has 0 aliphatic carbocycles. The normalized spacial score (nSPS) is 16.3. The third-order valence-corrected chi connectivity index (χ3v) is 3.13. The fourth-order valence-electron chi connectivity index (χ4n) is 1.79. The highest BCUT2D eigenvalue weighted by molar-refractivity contribution is 9.10. The van der Waals surface area contributed by atoms with Gasteiger partial charge in [-0.05, 0) is 47.0 Å². The lowest BCUT2D eigenvalue weighted by Gasteiger charge is -2.24. The van der Waals surface area contributed by atoms with Crippen molar-refractivity contribution in [1.82, 2.24) is 0 Å². The quantitative estimate of drug-likeness (QED) is 0.854. The van der Waals surface area contributed by atoms with Crippen LogP contribution < -0.4 is 15.2 Å².